The monoisotopic (exact) mass is 402 g/mol. The predicted molar refractivity (Wildman–Crippen MR) is 106 cm³/mol. The third-order valence-corrected chi connectivity index (χ3v) is 7.14. The van der Waals surface area contributed by atoms with Gasteiger partial charge in [0.25, 0.3) is 0 Å². The first kappa shape index (κ1) is 21.7. The summed E-state index contributed by atoms with van der Waals surface area (Å²) in [6.07, 6.45) is 9.62. The lowest BCUT2D eigenvalue weighted by Crippen LogP contribution is -2.21. The Morgan fingerprint density at radius 1 is 1.08 bits per heavy atom. The number of hydrogen-bond donors (Lipinski definition) is 3. The van der Waals surface area contributed by atoms with Crippen molar-refractivity contribution >= 4 is 28.9 Å². The molecule has 0 amide bonds. The van der Waals surface area contributed by atoms with Crippen LogP contribution in [-0.2, 0) is 6.42 Å². The Balaban J connectivity index is 1.74. The molecule has 6 heteroatoms. The molecule has 1 aromatic rings. The molecule has 1 heterocycles. The van der Waals surface area contributed by atoms with Crippen molar-refractivity contribution in [3.8, 4) is 0 Å². The van der Waals surface area contributed by atoms with E-state index in [1.165, 1.54) is 11.3 Å². The van der Waals surface area contributed by atoms with Gasteiger partial charge in [0.05, 0.1) is 6.10 Å². The van der Waals surface area contributed by atoms with Gasteiger partial charge in [-0.05, 0) is 62.5 Å². The maximum absolute atomic E-state index is 11.0. The third kappa shape index (κ3) is 6.52. The van der Waals surface area contributed by atoms with E-state index < -0.39 is 5.97 Å². The number of thiophene rings is 1. The van der Waals surface area contributed by atoms with E-state index in [4.69, 9.17) is 21.8 Å². The summed E-state index contributed by atoms with van der Waals surface area (Å²) in [4.78, 5) is 12.5. The van der Waals surface area contributed by atoms with Gasteiger partial charge in [0.15, 0.2) is 0 Å². The zero-order valence-electron chi connectivity index (χ0n) is 15.3. The van der Waals surface area contributed by atoms with Crippen LogP contribution in [0.3, 0.4) is 0 Å². The highest BCUT2D eigenvalue weighted by Crippen LogP contribution is 2.42. The van der Waals surface area contributed by atoms with Gasteiger partial charge in [-0.25, -0.2) is 4.79 Å². The number of halogens is 1. The van der Waals surface area contributed by atoms with Crippen LogP contribution in [0, 0.1) is 11.8 Å². The number of aliphatic hydroxyl groups excluding tert-OH is 2. The van der Waals surface area contributed by atoms with E-state index >= 15 is 0 Å². The Bertz CT molecular complexity index is 548. The van der Waals surface area contributed by atoms with Crippen LogP contribution in [-0.4, -0.2) is 39.4 Å². The molecular weight excluding hydrogens is 372 g/mol. The predicted octanol–water partition coefficient (Wildman–Crippen LogP) is 4.71. The smallest absolute Gasteiger partial charge is 0.345 e. The molecule has 1 aliphatic rings. The second-order valence-corrected chi connectivity index (χ2v) is 9.12. The molecule has 0 bridgehead atoms. The standard InChI is InChI=1S/C20H31ClO4S/c21-17-13-18(23)16(8-4-2-1-3-5-12-22)15(17)9-6-7-14-10-11-19(26-14)20(24)25/h10-11,15-18,22-23H,1-9,12-13H2,(H,24,25)/t15-,16-,17+,18-/m1/s1. The lowest BCUT2D eigenvalue weighted by molar-refractivity contribution is 0.0702. The van der Waals surface area contributed by atoms with Gasteiger partial charge >= 0.3 is 5.97 Å². The van der Waals surface area contributed by atoms with Crippen molar-refractivity contribution in [3.63, 3.8) is 0 Å². The van der Waals surface area contributed by atoms with E-state index in [2.05, 4.69) is 0 Å². The molecule has 0 aromatic carbocycles. The molecule has 0 radical (unpaired) electrons. The number of carboxylic acid groups (broad SMARTS) is 1. The number of rotatable bonds is 12. The molecule has 2 rings (SSSR count). The summed E-state index contributed by atoms with van der Waals surface area (Å²) in [7, 11) is 0. The minimum atomic E-state index is -0.861. The Morgan fingerprint density at radius 3 is 2.46 bits per heavy atom. The van der Waals surface area contributed by atoms with Crippen LogP contribution in [0.25, 0.3) is 0 Å². The molecule has 1 aromatic heterocycles. The zero-order valence-corrected chi connectivity index (χ0v) is 16.9. The molecule has 148 valence electrons. The SMILES string of the molecule is O=C(O)c1ccc(CCC[C@@H]2[C@@H](CCCCCCCO)[C@H](O)C[C@@H]2Cl)s1. The summed E-state index contributed by atoms with van der Waals surface area (Å²) in [5.74, 6) is -0.226. The van der Waals surface area contributed by atoms with Gasteiger partial charge in [-0.3, -0.25) is 0 Å². The molecular formula is C20H31ClO4S. The summed E-state index contributed by atoms with van der Waals surface area (Å²) < 4.78 is 0. The van der Waals surface area contributed by atoms with Crippen LogP contribution in [0.1, 0.15) is 72.3 Å². The Kier molecular flexibility index (Phi) is 9.40. The average molecular weight is 403 g/mol. The molecule has 0 spiro atoms. The largest absolute Gasteiger partial charge is 0.477 e. The molecule has 1 fully saturated rings. The summed E-state index contributed by atoms with van der Waals surface area (Å²) in [6.45, 7) is 0.273. The number of unbranched alkanes of at least 4 members (excludes halogenated alkanes) is 4. The zero-order chi connectivity index (χ0) is 18.9. The van der Waals surface area contributed by atoms with Gasteiger partial charge in [0.1, 0.15) is 4.88 Å². The molecule has 4 atom stereocenters. The van der Waals surface area contributed by atoms with Crippen LogP contribution in [0.15, 0.2) is 12.1 Å². The van der Waals surface area contributed by atoms with Crippen molar-refractivity contribution in [1.29, 1.82) is 0 Å². The van der Waals surface area contributed by atoms with Crippen molar-refractivity contribution < 1.29 is 20.1 Å². The van der Waals surface area contributed by atoms with E-state index in [1.807, 2.05) is 6.07 Å². The van der Waals surface area contributed by atoms with Gasteiger partial charge in [0, 0.05) is 16.9 Å². The van der Waals surface area contributed by atoms with E-state index in [1.54, 1.807) is 6.07 Å². The number of aromatic carboxylic acids is 1. The summed E-state index contributed by atoms with van der Waals surface area (Å²) in [5, 5.41) is 28.2. The summed E-state index contributed by atoms with van der Waals surface area (Å²) in [5.41, 5.74) is 0. The van der Waals surface area contributed by atoms with E-state index in [0.717, 1.165) is 62.7 Å². The van der Waals surface area contributed by atoms with Gasteiger partial charge in [-0.15, -0.1) is 22.9 Å². The third-order valence-electron chi connectivity index (χ3n) is 5.50. The molecule has 26 heavy (non-hydrogen) atoms. The van der Waals surface area contributed by atoms with Crippen molar-refractivity contribution in [1.82, 2.24) is 0 Å². The Hall–Kier alpha value is -0.620. The fraction of sp³-hybridized carbons (Fsp3) is 0.750. The van der Waals surface area contributed by atoms with Crippen LogP contribution in [0.2, 0.25) is 0 Å². The number of aryl methyl sites for hydroxylation is 1. The van der Waals surface area contributed by atoms with Crippen molar-refractivity contribution in [2.24, 2.45) is 11.8 Å². The van der Waals surface area contributed by atoms with Crippen molar-refractivity contribution in [3.05, 3.63) is 21.9 Å². The molecule has 0 unspecified atom stereocenters. The maximum atomic E-state index is 11.0. The van der Waals surface area contributed by atoms with Gasteiger partial charge < -0.3 is 15.3 Å². The van der Waals surface area contributed by atoms with E-state index in [-0.39, 0.29) is 24.0 Å². The van der Waals surface area contributed by atoms with Crippen LogP contribution in [0.5, 0.6) is 0 Å². The minimum absolute atomic E-state index is 0.0438. The maximum Gasteiger partial charge on any atom is 0.345 e. The van der Waals surface area contributed by atoms with Crippen molar-refractivity contribution in [2.45, 2.75) is 75.7 Å². The normalized spacial score (nSPS) is 25.7. The highest BCUT2D eigenvalue weighted by molar-refractivity contribution is 7.13. The average Bonchev–Trinajstić information content (AvgIpc) is 3.17. The van der Waals surface area contributed by atoms with Crippen LogP contribution in [0.4, 0.5) is 0 Å². The second kappa shape index (κ2) is 11.3. The van der Waals surface area contributed by atoms with Crippen molar-refractivity contribution in [2.75, 3.05) is 6.61 Å². The van der Waals surface area contributed by atoms with Crippen LogP contribution < -0.4 is 0 Å². The summed E-state index contributed by atoms with van der Waals surface area (Å²) >= 11 is 7.86. The first-order chi connectivity index (χ1) is 12.5. The first-order valence-corrected chi connectivity index (χ1v) is 11.0. The number of hydrogen-bond acceptors (Lipinski definition) is 4. The highest BCUT2D eigenvalue weighted by Gasteiger charge is 2.40. The first-order valence-electron chi connectivity index (χ1n) is 9.78. The van der Waals surface area contributed by atoms with Gasteiger partial charge in [-0.2, -0.15) is 0 Å². The molecule has 1 aliphatic carbocycles. The molecule has 0 saturated heterocycles. The van der Waals surface area contributed by atoms with Gasteiger partial charge in [0.2, 0.25) is 0 Å². The van der Waals surface area contributed by atoms with Gasteiger partial charge in [-0.1, -0.05) is 25.7 Å². The number of carbonyl (C=O) groups is 1. The Labute approximate surface area is 165 Å². The number of alkyl halides is 1. The molecule has 3 N–H and O–H groups in total. The lowest BCUT2D eigenvalue weighted by Gasteiger charge is -2.23. The number of aliphatic hydroxyl groups is 2. The molecule has 1 saturated carbocycles. The quantitative estimate of drug-likeness (QED) is 0.349. The summed E-state index contributed by atoms with van der Waals surface area (Å²) in [6, 6.07) is 3.57. The molecule has 4 nitrogen and oxygen atoms in total. The minimum Gasteiger partial charge on any atom is -0.477 e. The fourth-order valence-corrected chi connectivity index (χ4v) is 5.48. The topological polar surface area (TPSA) is 77.8 Å². The lowest BCUT2D eigenvalue weighted by atomic mass is 9.86. The van der Waals surface area contributed by atoms with E-state index in [0.29, 0.717) is 17.2 Å². The Morgan fingerprint density at radius 2 is 1.77 bits per heavy atom. The van der Waals surface area contributed by atoms with Crippen LogP contribution >= 0.6 is 22.9 Å². The number of carboxylic acids is 1. The fourth-order valence-electron chi connectivity index (χ4n) is 4.10. The van der Waals surface area contributed by atoms with E-state index in [9.17, 15) is 9.90 Å². The molecule has 0 aliphatic heterocycles. The second-order valence-electron chi connectivity index (χ2n) is 7.39. The highest BCUT2D eigenvalue weighted by atomic mass is 35.5.